The van der Waals surface area contributed by atoms with Crippen molar-refractivity contribution < 1.29 is 0 Å². The Hall–Kier alpha value is -3.05. The molecule has 2 aromatic heterocycles. The molecule has 166 valence electrons. The van der Waals surface area contributed by atoms with Crippen molar-refractivity contribution in [2.45, 2.75) is 45.3 Å². The molecule has 33 heavy (non-hydrogen) atoms. The van der Waals surface area contributed by atoms with Crippen LogP contribution in [0.5, 0.6) is 0 Å². The Bertz CT molecular complexity index is 1350. The van der Waals surface area contributed by atoms with Crippen molar-refractivity contribution in [1.82, 2.24) is 14.5 Å². The summed E-state index contributed by atoms with van der Waals surface area (Å²) in [5.74, 6) is 1.11. The van der Waals surface area contributed by atoms with Crippen LogP contribution in [-0.2, 0) is 0 Å². The first-order valence-electron chi connectivity index (χ1n) is 11.7. The zero-order valence-corrected chi connectivity index (χ0v) is 20.1. The van der Waals surface area contributed by atoms with Crippen molar-refractivity contribution in [3.8, 4) is 5.69 Å². The van der Waals surface area contributed by atoms with E-state index in [0.29, 0.717) is 6.04 Å². The number of pyridine rings is 1. The molecule has 1 saturated heterocycles. The van der Waals surface area contributed by atoms with Gasteiger partial charge in [-0.05, 0) is 55.5 Å². The number of aliphatic imine (C=N–C) groups is 1. The van der Waals surface area contributed by atoms with E-state index in [2.05, 4.69) is 90.9 Å². The monoisotopic (exact) mass is 452 g/mol. The molecule has 0 saturated carbocycles. The summed E-state index contributed by atoms with van der Waals surface area (Å²) in [6.07, 6.45) is 3.01. The van der Waals surface area contributed by atoms with E-state index in [1.54, 1.807) is 0 Å². The minimum atomic E-state index is 0.0181. The number of fused-ring (bicyclic) bond motifs is 2. The highest BCUT2D eigenvalue weighted by molar-refractivity contribution is 8.14. The van der Waals surface area contributed by atoms with Crippen molar-refractivity contribution in [2.75, 3.05) is 5.75 Å². The van der Waals surface area contributed by atoms with Gasteiger partial charge in [0.25, 0.3) is 0 Å². The van der Waals surface area contributed by atoms with Crippen molar-refractivity contribution >= 4 is 27.7 Å². The zero-order chi connectivity index (χ0) is 22.5. The zero-order valence-electron chi connectivity index (χ0n) is 19.3. The molecule has 4 aromatic rings. The Labute approximate surface area is 199 Å². The summed E-state index contributed by atoms with van der Waals surface area (Å²) in [6, 6.07) is 24.5. The van der Waals surface area contributed by atoms with Gasteiger partial charge in [0.2, 0.25) is 0 Å². The number of benzene rings is 2. The first kappa shape index (κ1) is 20.5. The number of aromatic nitrogens is 2. The lowest BCUT2D eigenvalue weighted by molar-refractivity contribution is 0.254. The van der Waals surface area contributed by atoms with Gasteiger partial charge in [-0.25, -0.2) is 0 Å². The van der Waals surface area contributed by atoms with Crippen LogP contribution >= 0.6 is 11.8 Å². The van der Waals surface area contributed by atoms with Crippen LogP contribution in [0.1, 0.15) is 48.1 Å². The van der Waals surface area contributed by atoms with Gasteiger partial charge in [0.05, 0.1) is 17.4 Å². The molecule has 5 heteroatoms. The molecule has 4 heterocycles. The van der Waals surface area contributed by atoms with Gasteiger partial charge >= 0.3 is 0 Å². The molecule has 2 aliphatic rings. The fourth-order valence-electron chi connectivity index (χ4n) is 5.55. The molecule has 6 rings (SSSR count). The van der Waals surface area contributed by atoms with Gasteiger partial charge in [-0.3, -0.25) is 9.98 Å². The Morgan fingerprint density at radius 1 is 1.00 bits per heavy atom. The molecule has 0 N–H and O–H groups in total. The lowest BCUT2D eigenvalue weighted by Gasteiger charge is -2.32. The van der Waals surface area contributed by atoms with E-state index in [9.17, 15) is 0 Å². The first-order valence-corrected chi connectivity index (χ1v) is 12.7. The van der Waals surface area contributed by atoms with Crippen LogP contribution in [0.25, 0.3) is 16.5 Å². The van der Waals surface area contributed by atoms with Crippen LogP contribution in [0.2, 0.25) is 0 Å². The van der Waals surface area contributed by atoms with E-state index in [-0.39, 0.29) is 12.1 Å². The van der Waals surface area contributed by atoms with Crippen LogP contribution in [0.15, 0.2) is 77.9 Å². The van der Waals surface area contributed by atoms with Crippen LogP contribution in [0.3, 0.4) is 0 Å². The molecule has 1 fully saturated rings. The Balaban J connectivity index is 1.52. The maximum Gasteiger partial charge on any atom is 0.160 e. The molecule has 0 radical (unpaired) electrons. The molecule has 0 bridgehead atoms. The van der Waals surface area contributed by atoms with Crippen molar-refractivity contribution in [3.05, 3.63) is 95.6 Å². The number of amidine groups is 1. The molecule has 0 aliphatic carbocycles. The topological polar surface area (TPSA) is 33.4 Å². The minimum absolute atomic E-state index is 0.0181. The smallest absolute Gasteiger partial charge is 0.160 e. The summed E-state index contributed by atoms with van der Waals surface area (Å²) in [5.41, 5.74) is 6.20. The van der Waals surface area contributed by atoms with Gasteiger partial charge in [0.1, 0.15) is 6.04 Å². The highest BCUT2D eigenvalue weighted by Crippen LogP contribution is 2.50. The van der Waals surface area contributed by atoms with Crippen LogP contribution in [0, 0.1) is 13.8 Å². The standard InChI is InChI=1S/C28H28N4S/c1-4-21-17-33-28-30-26(24-13-7-8-15-29-24)27(32(21)28)23-16-18(2)31(19(23)3)25-14-9-11-20-10-5-6-12-22(20)25/h5-16,21,26-27H,4,17H2,1-3H3/t21-,26-,27+/m0/s1. The van der Waals surface area contributed by atoms with E-state index in [1.165, 1.54) is 38.6 Å². The van der Waals surface area contributed by atoms with Crippen LogP contribution in [0.4, 0.5) is 0 Å². The van der Waals surface area contributed by atoms with E-state index in [1.807, 2.05) is 24.0 Å². The van der Waals surface area contributed by atoms with Gasteiger partial charge < -0.3 is 9.47 Å². The number of aryl methyl sites for hydroxylation is 1. The Morgan fingerprint density at radius 3 is 2.64 bits per heavy atom. The van der Waals surface area contributed by atoms with Crippen LogP contribution in [-0.4, -0.2) is 31.4 Å². The number of thioether (sulfide) groups is 1. The number of rotatable bonds is 4. The maximum atomic E-state index is 5.21. The summed E-state index contributed by atoms with van der Waals surface area (Å²) in [5, 5.41) is 3.72. The molecule has 0 amide bonds. The van der Waals surface area contributed by atoms with Crippen molar-refractivity contribution in [2.24, 2.45) is 4.99 Å². The average Bonchev–Trinajstić information content (AvgIpc) is 3.50. The molecular formula is C28H28N4S. The third kappa shape index (κ3) is 3.21. The number of nitrogens with zero attached hydrogens (tertiary/aromatic N) is 4. The number of hydrogen-bond donors (Lipinski definition) is 0. The molecule has 3 atom stereocenters. The minimum Gasteiger partial charge on any atom is -0.338 e. The highest BCUT2D eigenvalue weighted by atomic mass is 32.2. The number of hydrogen-bond acceptors (Lipinski definition) is 4. The van der Waals surface area contributed by atoms with Crippen molar-refractivity contribution in [3.63, 3.8) is 0 Å². The second kappa shape index (κ2) is 8.07. The molecule has 0 unspecified atom stereocenters. The summed E-state index contributed by atoms with van der Waals surface area (Å²) in [6.45, 7) is 6.78. The summed E-state index contributed by atoms with van der Waals surface area (Å²) in [4.78, 5) is 12.5. The predicted octanol–water partition coefficient (Wildman–Crippen LogP) is 6.62. The van der Waals surface area contributed by atoms with Crippen molar-refractivity contribution in [1.29, 1.82) is 0 Å². The summed E-state index contributed by atoms with van der Waals surface area (Å²) >= 11 is 1.90. The summed E-state index contributed by atoms with van der Waals surface area (Å²) < 4.78 is 2.43. The van der Waals surface area contributed by atoms with E-state index in [4.69, 9.17) is 9.98 Å². The second-order valence-corrected chi connectivity index (χ2v) is 9.98. The maximum absolute atomic E-state index is 5.21. The Kier molecular flexibility index (Phi) is 5.02. The van der Waals surface area contributed by atoms with E-state index >= 15 is 0 Å². The quantitative estimate of drug-likeness (QED) is 0.349. The average molecular weight is 453 g/mol. The highest BCUT2D eigenvalue weighted by Gasteiger charge is 2.46. The molecule has 2 aliphatic heterocycles. The van der Waals surface area contributed by atoms with Gasteiger partial charge in [0.15, 0.2) is 5.17 Å². The third-order valence-electron chi connectivity index (χ3n) is 7.13. The Morgan fingerprint density at radius 2 is 1.82 bits per heavy atom. The lowest BCUT2D eigenvalue weighted by Crippen LogP contribution is -2.35. The van der Waals surface area contributed by atoms with Gasteiger partial charge in [-0.1, -0.05) is 61.2 Å². The summed E-state index contributed by atoms with van der Waals surface area (Å²) in [7, 11) is 0. The van der Waals surface area contributed by atoms with E-state index < -0.39 is 0 Å². The second-order valence-electron chi connectivity index (χ2n) is 9.00. The molecule has 4 nitrogen and oxygen atoms in total. The van der Waals surface area contributed by atoms with Gasteiger partial charge in [0, 0.05) is 34.8 Å². The lowest BCUT2D eigenvalue weighted by atomic mass is 9.95. The van der Waals surface area contributed by atoms with Gasteiger partial charge in [-0.15, -0.1) is 0 Å². The molecule has 0 spiro atoms. The first-order chi connectivity index (χ1) is 16.2. The molecule has 2 aromatic carbocycles. The van der Waals surface area contributed by atoms with E-state index in [0.717, 1.165) is 17.9 Å². The fourth-order valence-corrected chi connectivity index (χ4v) is 6.89. The van der Waals surface area contributed by atoms with Gasteiger partial charge in [-0.2, -0.15) is 0 Å². The van der Waals surface area contributed by atoms with Crippen LogP contribution < -0.4 is 0 Å². The SMILES string of the molecule is CC[C@H]1CSC2=N[C@@H](c3ccccn3)[C@@H](c3cc(C)n(-c4cccc5ccccc45)c3C)N21. The fraction of sp³-hybridized carbons (Fsp3) is 0.286. The predicted molar refractivity (Wildman–Crippen MR) is 138 cm³/mol. The third-order valence-corrected chi connectivity index (χ3v) is 8.25. The largest absolute Gasteiger partial charge is 0.338 e. The normalized spacial score (nSPS) is 22.1. The molecular weight excluding hydrogens is 424 g/mol.